The highest BCUT2D eigenvalue weighted by atomic mass is 16.6. The number of amides is 2. The smallest absolute Gasteiger partial charge is 0.414 e. The van der Waals surface area contributed by atoms with Gasteiger partial charge in [0, 0.05) is 6.54 Å². The quantitative estimate of drug-likeness (QED) is 0.527. The minimum atomic E-state index is -0.854. The lowest BCUT2D eigenvalue weighted by Crippen LogP contribution is -2.43. The van der Waals surface area contributed by atoms with Gasteiger partial charge in [0.25, 0.3) is 11.5 Å². The van der Waals surface area contributed by atoms with Gasteiger partial charge >= 0.3 is 6.09 Å². The molecule has 0 saturated carbocycles. The minimum absolute atomic E-state index is 0.108. The molecule has 0 bridgehead atoms. The van der Waals surface area contributed by atoms with Gasteiger partial charge in [0.15, 0.2) is 5.69 Å². The summed E-state index contributed by atoms with van der Waals surface area (Å²) in [6.45, 7) is 5.23. The second-order valence-corrected chi connectivity index (χ2v) is 9.28. The van der Waals surface area contributed by atoms with Crippen LogP contribution in [0.5, 0.6) is 5.75 Å². The fourth-order valence-electron chi connectivity index (χ4n) is 4.47. The summed E-state index contributed by atoms with van der Waals surface area (Å²) in [6, 6.07) is 16.6. The molecule has 1 aromatic heterocycles. The van der Waals surface area contributed by atoms with Crippen LogP contribution in [0.1, 0.15) is 41.3 Å². The van der Waals surface area contributed by atoms with Crippen LogP contribution >= 0.6 is 0 Å². The van der Waals surface area contributed by atoms with Crippen LogP contribution in [0.15, 0.2) is 59.4 Å². The second kappa shape index (κ2) is 10.1. The minimum Gasteiger partial charge on any atom is -0.481 e. The molecule has 2 aliphatic heterocycles. The summed E-state index contributed by atoms with van der Waals surface area (Å²) in [5.41, 5.74) is 0.837. The molecule has 0 unspecified atom stereocenters. The highest BCUT2D eigenvalue weighted by molar-refractivity contribution is 5.95. The number of cyclic esters (lactones) is 1. The van der Waals surface area contributed by atoms with E-state index in [1.165, 1.54) is 9.47 Å². The van der Waals surface area contributed by atoms with Crippen LogP contribution in [0.4, 0.5) is 10.5 Å². The van der Waals surface area contributed by atoms with E-state index in [1.807, 2.05) is 62.4 Å². The molecular weight excluding hydrogens is 476 g/mol. The maximum atomic E-state index is 13.5. The van der Waals surface area contributed by atoms with Gasteiger partial charge in [0.1, 0.15) is 24.6 Å². The van der Waals surface area contributed by atoms with Crippen molar-refractivity contribution in [2.45, 2.75) is 39.1 Å². The van der Waals surface area contributed by atoms with E-state index in [4.69, 9.17) is 14.2 Å². The van der Waals surface area contributed by atoms with Crippen molar-refractivity contribution in [3.63, 3.8) is 0 Å². The van der Waals surface area contributed by atoms with Gasteiger partial charge in [-0.3, -0.25) is 19.1 Å². The third-order valence-corrected chi connectivity index (χ3v) is 6.37. The Kier molecular flexibility index (Phi) is 6.66. The molecule has 2 aromatic carbocycles. The van der Waals surface area contributed by atoms with Crippen molar-refractivity contribution in [2.75, 3.05) is 24.7 Å². The van der Waals surface area contributed by atoms with E-state index in [2.05, 4.69) is 10.3 Å². The molecule has 0 radical (unpaired) electrons. The van der Waals surface area contributed by atoms with Gasteiger partial charge in [0.05, 0.1) is 25.4 Å². The molecule has 1 N–H and O–H groups in total. The number of nitrogens with one attached hydrogen (secondary N) is 1. The Morgan fingerprint density at radius 1 is 1.05 bits per heavy atom. The van der Waals surface area contributed by atoms with Crippen LogP contribution in [-0.2, 0) is 34.8 Å². The first-order valence-corrected chi connectivity index (χ1v) is 12.1. The van der Waals surface area contributed by atoms with Gasteiger partial charge in [-0.1, -0.05) is 48.5 Å². The van der Waals surface area contributed by atoms with Crippen molar-refractivity contribution < 1.29 is 23.8 Å². The van der Waals surface area contributed by atoms with Gasteiger partial charge in [-0.15, -0.1) is 0 Å². The average molecular weight is 505 g/mol. The van der Waals surface area contributed by atoms with Crippen molar-refractivity contribution in [1.82, 2.24) is 14.9 Å². The van der Waals surface area contributed by atoms with Gasteiger partial charge in [-0.05, 0) is 31.0 Å². The number of hydrogen-bond donors (Lipinski definition) is 1. The monoisotopic (exact) mass is 504 g/mol. The number of fused-ring (bicyclic) bond motifs is 1. The fourth-order valence-corrected chi connectivity index (χ4v) is 4.47. The van der Waals surface area contributed by atoms with Crippen LogP contribution in [0.2, 0.25) is 0 Å². The highest BCUT2D eigenvalue weighted by Crippen LogP contribution is 2.28. The first kappa shape index (κ1) is 24.5. The standard InChI is InChI=1S/C27H28N4O6/c1-27(2)25-29-21(22(24(33)31(25)13-15-37-27)36-17-18-8-4-3-5-9-18)23(32)28-16-19-10-6-7-11-20(19)30-12-14-35-26(30)34/h3-11H,12-17H2,1-2H3,(H,28,32). The molecule has 10 nitrogen and oxygen atoms in total. The lowest BCUT2D eigenvalue weighted by Gasteiger charge is -2.32. The molecule has 37 heavy (non-hydrogen) atoms. The van der Waals surface area contributed by atoms with Crippen molar-refractivity contribution in [3.05, 3.63) is 87.6 Å². The van der Waals surface area contributed by atoms with Gasteiger partial charge < -0.3 is 19.5 Å². The maximum absolute atomic E-state index is 13.5. The lowest BCUT2D eigenvalue weighted by molar-refractivity contribution is -0.0567. The van der Waals surface area contributed by atoms with Gasteiger partial charge in [0.2, 0.25) is 5.75 Å². The number of carbonyl (C=O) groups is 2. The van der Waals surface area contributed by atoms with Crippen molar-refractivity contribution in [1.29, 1.82) is 0 Å². The lowest BCUT2D eigenvalue weighted by atomic mass is 10.1. The van der Waals surface area contributed by atoms with E-state index in [1.54, 1.807) is 6.07 Å². The van der Waals surface area contributed by atoms with E-state index >= 15 is 0 Å². The summed E-state index contributed by atoms with van der Waals surface area (Å²) in [4.78, 5) is 45.1. The first-order chi connectivity index (χ1) is 17.8. The van der Waals surface area contributed by atoms with Crippen LogP contribution in [0, 0.1) is 0 Å². The van der Waals surface area contributed by atoms with Crippen molar-refractivity contribution in [3.8, 4) is 5.75 Å². The molecule has 1 fully saturated rings. The Morgan fingerprint density at radius 2 is 1.81 bits per heavy atom. The predicted octanol–water partition coefficient (Wildman–Crippen LogP) is 2.97. The van der Waals surface area contributed by atoms with E-state index in [-0.39, 0.29) is 24.6 Å². The summed E-state index contributed by atoms with van der Waals surface area (Å²) in [5, 5.41) is 2.84. The molecule has 3 aromatic rings. The highest BCUT2D eigenvalue weighted by Gasteiger charge is 2.35. The molecule has 10 heteroatoms. The van der Waals surface area contributed by atoms with E-state index < -0.39 is 23.2 Å². The second-order valence-electron chi connectivity index (χ2n) is 9.28. The Hall–Kier alpha value is -4.18. The largest absolute Gasteiger partial charge is 0.481 e. The number of benzene rings is 2. The van der Waals surface area contributed by atoms with E-state index in [0.29, 0.717) is 37.8 Å². The number of anilines is 1. The molecule has 0 aliphatic carbocycles. The number of carbonyl (C=O) groups excluding carboxylic acids is 2. The number of aromatic nitrogens is 2. The Balaban J connectivity index is 1.46. The predicted molar refractivity (Wildman–Crippen MR) is 135 cm³/mol. The Morgan fingerprint density at radius 3 is 2.57 bits per heavy atom. The number of rotatable bonds is 7. The molecule has 0 spiro atoms. The van der Waals surface area contributed by atoms with Gasteiger partial charge in [-0.25, -0.2) is 9.78 Å². The number of para-hydroxylation sites is 1. The molecule has 0 atom stereocenters. The number of hydrogen-bond acceptors (Lipinski definition) is 7. The summed E-state index contributed by atoms with van der Waals surface area (Å²) in [5.74, 6) is -0.316. The van der Waals surface area contributed by atoms with E-state index in [9.17, 15) is 14.4 Å². The Bertz CT molecular complexity index is 1390. The van der Waals surface area contributed by atoms with Crippen molar-refractivity contribution >= 4 is 17.7 Å². The third kappa shape index (κ3) is 4.92. The number of nitrogens with zero attached hydrogens (tertiary/aromatic N) is 3. The summed E-state index contributed by atoms with van der Waals surface area (Å²) >= 11 is 0. The first-order valence-electron chi connectivity index (χ1n) is 12.1. The number of ether oxygens (including phenoxy) is 3. The summed E-state index contributed by atoms with van der Waals surface area (Å²) in [6.07, 6.45) is -0.429. The molecule has 2 amide bonds. The SMILES string of the molecule is CC1(C)OCCn2c1nc(C(=O)NCc1ccccc1N1CCOC1=O)c(OCc1ccccc1)c2=O. The van der Waals surface area contributed by atoms with Crippen LogP contribution in [0.25, 0.3) is 0 Å². The molecule has 192 valence electrons. The Labute approximate surface area is 213 Å². The molecule has 3 heterocycles. The van der Waals surface area contributed by atoms with Crippen LogP contribution in [-0.4, -0.2) is 41.3 Å². The molecule has 5 rings (SSSR count). The zero-order valence-corrected chi connectivity index (χ0v) is 20.7. The fraction of sp³-hybridized carbons (Fsp3) is 0.333. The average Bonchev–Trinajstić information content (AvgIpc) is 3.33. The normalized spacial score (nSPS) is 16.2. The molecular formula is C27H28N4O6. The topological polar surface area (TPSA) is 112 Å². The van der Waals surface area contributed by atoms with Crippen LogP contribution < -0.4 is 20.5 Å². The summed E-state index contributed by atoms with van der Waals surface area (Å²) in [7, 11) is 0. The summed E-state index contributed by atoms with van der Waals surface area (Å²) < 4.78 is 18.3. The van der Waals surface area contributed by atoms with E-state index in [0.717, 1.165) is 11.1 Å². The zero-order valence-electron chi connectivity index (χ0n) is 20.7. The molecule has 1 saturated heterocycles. The third-order valence-electron chi connectivity index (χ3n) is 6.37. The maximum Gasteiger partial charge on any atom is 0.414 e. The van der Waals surface area contributed by atoms with Crippen molar-refractivity contribution in [2.24, 2.45) is 0 Å². The van der Waals surface area contributed by atoms with Gasteiger partial charge in [-0.2, -0.15) is 0 Å². The van der Waals surface area contributed by atoms with Crippen LogP contribution in [0.3, 0.4) is 0 Å². The molecule has 2 aliphatic rings. The zero-order chi connectivity index (χ0) is 26.0.